The summed E-state index contributed by atoms with van der Waals surface area (Å²) in [7, 11) is 1.55. The third-order valence-electron chi connectivity index (χ3n) is 6.38. The minimum Gasteiger partial charge on any atom is -0.493 e. The Kier molecular flexibility index (Phi) is 5.88. The lowest BCUT2D eigenvalue weighted by Gasteiger charge is -2.21. The number of benzene rings is 3. The molecule has 4 aromatic rings. The first-order valence-corrected chi connectivity index (χ1v) is 11.6. The smallest absolute Gasteiger partial charge is 0.278 e. The molecule has 0 atom stereocenters. The molecule has 1 N–H and O–H groups in total. The van der Waals surface area contributed by atoms with Gasteiger partial charge in [0.1, 0.15) is 12.4 Å². The Morgan fingerprint density at radius 2 is 1.89 bits per heavy atom. The normalized spacial score (nSPS) is 11.9. The van der Waals surface area contributed by atoms with E-state index < -0.39 is 11.7 Å². The summed E-state index contributed by atoms with van der Waals surface area (Å²) in [6.07, 6.45) is 0.337. The molecule has 0 saturated carbocycles. The predicted molar refractivity (Wildman–Crippen MR) is 135 cm³/mol. The maximum atomic E-state index is 13.8. The van der Waals surface area contributed by atoms with E-state index in [-0.39, 0.29) is 18.0 Å². The first kappa shape index (κ1) is 23.4. The minimum atomic E-state index is -0.450. The Bertz CT molecular complexity index is 1570. The first-order valence-electron chi connectivity index (χ1n) is 11.6. The number of halogens is 1. The van der Waals surface area contributed by atoms with Crippen LogP contribution in [-0.2, 0) is 17.8 Å². The van der Waals surface area contributed by atoms with Gasteiger partial charge in [0.2, 0.25) is 11.8 Å². The van der Waals surface area contributed by atoms with Crippen molar-refractivity contribution in [1.29, 1.82) is 0 Å². The van der Waals surface area contributed by atoms with Crippen LogP contribution in [0, 0.1) is 26.6 Å². The van der Waals surface area contributed by atoms with Crippen LogP contribution in [0.2, 0.25) is 0 Å². The van der Waals surface area contributed by atoms with E-state index in [1.807, 2.05) is 44.2 Å². The summed E-state index contributed by atoms with van der Waals surface area (Å²) in [5, 5.41) is 2.76. The second-order valence-electron chi connectivity index (χ2n) is 8.98. The zero-order valence-corrected chi connectivity index (χ0v) is 20.5. The number of rotatable bonds is 5. The molecule has 3 aromatic carbocycles. The molecule has 0 spiro atoms. The van der Waals surface area contributed by atoms with Gasteiger partial charge in [-0.2, -0.15) is 0 Å². The molecule has 0 bridgehead atoms. The maximum Gasteiger partial charge on any atom is 0.278 e. The minimum absolute atomic E-state index is 0.224. The number of hydrogen-bond donors (Lipinski definition) is 1. The SMILES string of the molecule is COc1cccc2c1Oc1c(c(=O)n(-c3ccc(C)cc3C)n1CC(=O)Nc1cc(F)ccc1C)C2. The fraction of sp³-hybridized carbons (Fsp3) is 0.214. The van der Waals surface area contributed by atoms with Gasteiger partial charge in [0.25, 0.3) is 5.56 Å². The zero-order chi connectivity index (χ0) is 25.6. The number of hydrogen-bond acceptors (Lipinski definition) is 4. The first-order chi connectivity index (χ1) is 17.3. The predicted octanol–water partition coefficient (Wildman–Crippen LogP) is 5.05. The van der Waals surface area contributed by atoms with Crippen molar-refractivity contribution in [1.82, 2.24) is 9.36 Å². The number of ether oxygens (including phenoxy) is 2. The molecule has 36 heavy (non-hydrogen) atoms. The van der Waals surface area contributed by atoms with Crippen molar-refractivity contribution < 1.29 is 18.7 Å². The summed E-state index contributed by atoms with van der Waals surface area (Å²) in [4.78, 5) is 26.9. The number of carbonyl (C=O) groups is 1. The number of amides is 1. The Morgan fingerprint density at radius 1 is 1.08 bits per heavy atom. The lowest BCUT2D eigenvalue weighted by Crippen LogP contribution is -2.28. The second kappa shape index (κ2) is 9.03. The van der Waals surface area contributed by atoms with Gasteiger partial charge < -0.3 is 14.8 Å². The highest BCUT2D eigenvalue weighted by Crippen LogP contribution is 2.42. The van der Waals surface area contributed by atoms with Crippen molar-refractivity contribution in [2.45, 2.75) is 33.7 Å². The number of carbonyl (C=O) groups excluding carboxylic acids is 1. The second-order valence-corrected chi connectivity index (χ2v) is 8.98. The van der Waals surface area contributed by atoms with Gasteiger partial charge in [-0.1, -0.05) is 35.9 Å². The number of nitrogens with zero attached hydrogens (tertiary/aromatic N) is 2. The van der Waals surface area contributed by atoms with Crippen molar-refractivity contribution in [3.8, 4) is 23.1 Å². The van der Waals surface area contributed by atoms with Crippen LogP contribution in [0.5, 0.6) is 17.4 Å². The Hall–Kier alpha value is -4.33. The van der Waals surface area contributed by atoms with Gasteiger partial charge in [-0.15, -0.1) is 0 Å². The molecule has 1 amide bonds. The number of aryl methyl sites for hydroxylation is 3. The van der Waals surface area contributed by atoms with E-state index in [0.717, 1.165) is 22.3 Å². The summed E-state index contributed by atoms with van der Waals surface area (Å²) in [6.45, 7) is 5.45. The van der Waals surface area contributed by atoms with Gasteiger partial charge in [-0.3, -0.25) is 9.59 Å². The van der Waals surface area contributed by atoms with Crippen LogP contribution in [0.4, 0.5) is 10.1 Å². The van der Waals surface area contributed by atoms with E-state index in [1.165, 1.54) is 21.5 Å². The lowest BCUT2D eigenvalue weighted by molar-refractivity contribution is -0.117. The lowest BCUT2D eigenvalue weighted by atomic mass is 10.0. The van der Waals surface area contributed by atoms with Crippen LogP contribution in [-0.4, -0.2) is 22.4 Å². The molecular formula is C28H26FN3O4. The molecule has 1 aliphatic heterocycles. The molecule has 184 valence electrons. The molecule has 8 heteroatoms. The molecule has 1 aromatic heterocycles. The van der Waals surface area contributed by atoms with Crippen molar-refractivity contribution in [2.24, 2.45) is 0 Å². The van der Waals surface area contributed by atoms with E-state index in [1.54, 1.807) is 26.2 Å². The highest BCUT2D eigenvalue weighted by molar-refractivity contribution is 5.91. The largest absolute Gasteiger partial charge is 0.493 e. The van der Waals surface area contributed by atoms with Crippen LogP contribution in [0.25, 0.3) is 5.69 Å². The fourth-order valence-electron chi connectivity index (χ4n) is 4.58. The standard InChI is InChI=1S/C28H26FN3O4/c1-16-8-11-23(18(3)12-16)32-27(34)21-13-19-6-5-7-24(35-4)26(19)36-28(21)31(32)15-25(33)30-22-14-20(29)10-9-17(22)2/h5-12,14H,13,15H2,1-4H3,(H,30,33). The molecule has 0 unspecified atom stereocenters. The Morgan fingerprint density at radius 3 is 2.64 bits per heavy atom. The number of aromatic nitrogens is 2. The molecule has 5 rings (SSSR count). The van der Waals surface area contributed by atoms with Crippen LogP contribution in [0.15, 0.2) is 59.4 Å². The van der Waals surface area contributed by atoms with Crippen molar-refractivity contribution in [2.75, 3.05) is 12.4 Å². The molecule has 7 nitrogen and oxygen atoms in total. The summed E-state index contributed by atoms with van der Waals surface area (Å²) < 4.78 is 28.5. The Labute approximate surface area is 207 Å². The van der Waals surface area contributed by atoms with Gasteiger partial charge in [0.05, 0.1) is 18.4 Å². The molecular weight excluding hydrogens is 461 g/mol. The highest BCUT2D eigenvalue weighted by Gasteiger charge is 2.31. The van der Waals surface area contributed by atoms with Crippen LogP contribution >= 0.6 is 0 Å². The third-order valence-corrected chi connectivity index (χ3v) is 6.38. The quantitative estimate of drug-likeness (QED) is 0.377. The number of fused-ring (bicyclic) bond motifs is 2. The number of anilines is 1. The van der Waals surface area contributed by atoms with Crippen molar-refractivity contribution in [3.05, 3.63) is 98.6 Å². The van der Waals surface area contributed by atoms with Crippen molar-refractivity contribution >= 4 is 11.6 Å². The number of nitrogens with one attached hydrogen (secondary N) is 1. The van der Waals surface area contributed by atoms with Gasteiger partial charge in [-0.05, 0) is 56.2 Å². The third kappa shape index (κ3) is 4.04. The molecule has 0 aliphatic carbocycles. The van der Waals surface area contributed by atoms with Crippen LogP contribution in [0.3, 0.4) is 0 Å². The van der Waals surface area contributed by atoms with E-state index in [4.69, 9.17) is 9.47 Å². The van der Waals surface area contributed by atoms with E-state index in [2.05, 4.69) is 5.32 Å². The fourth-order valence-corrected chi connectivity index (χ4v) is 4.58. The average molecular weight is 488 g/mol. The van der Waals surface area contributed by atoms with Gasteiger partial charge in [0, 0.05) is 17.7 Å². The zero-order valence-electron chi connectivity index (χ0n) is 20.5. The van der Waals surface area contributed by atoms with Crippen molar-refractivity contribution in [3.63, 3.8) is 0 Å². The number of para-hydroxylation sites is 1. The van der Waals surface area contributed by atoms with Gasteiger partial charge in [-0.25, -0.2) is 13.8 Å². The molecule has 2 heterocycles. The summed E-state index contributed by atoms with van der Waals surface area (Å²) in [5.74, 6) is 0.461. The summed E-state index contributed by atoms with van der Waals surface area (Å²) in [6, 6.07) is 15.5. The molecule has 0 saturated heterocycles. The number of methoxy groups -OCH3 is 1. The van der Waals surface area contributed by atoms with E-state index >= 15 is 0 Å². The van der Waals surface area contributed by atoms with Crippen LogP contribution in [0.1, 0.15) is 27.8 Å². The van der Waals surface area contributed by atoms with E-state index in [9.17, 15) is 14.0 Å². The van der Waals surface area contributed by atoms with Gasteiger partial charge in [0.15, 0.2) is 11.5 Å². The molecule has 1 aliphatic rings. The molecule has 0 fully saturated rings. The summed E-state index contributed by atoms with van der Waals surface area (Å²) >= 11 is 0. The Balaban J connectivity index is 1.63. The highest BCUT2D eigenvalue weighted by atomic mass is 19.1. The molecule has 0 radical (unpaired) electrons. The van der Waals surface area contributed by atoms with E-state index in [0.29, 0.717) is 34.9 Å². The van der Waals surface area contributed by atoms with Crippen LogP contribution < -0.4 is 20.3 Å². The van der Waals surface area contributed by atoms with Gasteiger partial charge >= 0.3 is 0 Å². The monoisotopic (exact) mass is 487 g/mol. The maximum absolute atomic E-state index is 13.8. The summed E-state index contributed by atoms with van der Waals surface area (Å²) in [5.41, 5.74) is 4.68. The average Bonchev–Trinajstić information content (AvgIpc) is 3.10. The topological polar surface area (TPSA) is 74.5 Å².